The van der Waals surface area contributed by atoms with Gasteiger partial charge in [-0.1, -0.05) is 0 Å². The Hall–Kier alpha value is -4.23. The van der Waals surface area contributed by atoms with E-state index in [1.165, 1.54) is 0 Å². The Balaban J connectivity index is 2.05. The number of ether oxygens (including phenoxy) is 3. The summed E-state index contributed by atoms with van der Waals surface area (Å²) in [5.41, 5.74) is -1.70. The van der Waals surface area contributed by atoms with E-state index in [1.807, 2.05) is 36.4 Å². The van der Waals surface area contributed by atoms with Crippen molar-refractivity contribution >= 4 is 23.4 Å². The van der Waals surface area contributed by atoms with Crippen molar-refractivity contribution in [3.8, 4) is 28.9 Å². The van der Waals surface area contributed by atoms with E-state index < -0.39 is 30.4 Å². The summed E-state index contributed by atoms with van der Waals surface area (Å²) >= 11 is 0. The first kappa shape index (κ1) is 23.9. The number of aromatic nitrogens is 2. The second-order valence-electron chi connectivity index (χ2n) is 7.38. The summed E-state index contributed by atoms with van der Waals surface area (Å²) in [6.07, 6.45) is 0. The maximum absolute atomic E-state index is 12.7. The van der Waals surface area contributed by atoms with Gasteiger partial charge < -0.3 is 23.8 Å². The van der Waals surface area contributed by atoms with E-state index in [2.05, 4.69) is 9.97 Å². The van der Waals surface area contributed by atoms with Crippen molar-refractivity contribution in [2.75, 3.05) is 21.3 Å². The van der Waals surface area contributed by atoms with Gasteiger partial charge >= 0.3 is 11.2 Å². The summed E-state index contributed by atoms with van der Waals surface area (Å²) < 4.78 is 22.5. The summed E-state index contributed by atoms with van der Waals surface area (Å²) in [4.78, 5) is 28.7. The monoisotopic (exact) mass is 495 g/mol. The van der Waals surface area contributed by atoms with Crippen LogP contribution < -0.4 is 45.9 Å². The van der Waals surface area contributed by atoms with Crippen LogP contribution in [0.1, 0.15) is 0 Å². The van der Waals surface area contributed by atoms with Crippen LogP contribution in [0.25, 0.3) is 0 Å². The molecule has 0 spiro atoms. The molecule has 35 heavy (non-hydrogen) atoms. The summed E-state index contributed by atoms with van der Waals surface area (Å²) in [6.45, 7) is 0. The zero-order valence-electron chi connectivity index (χ0n) is 19.3. The van der Waals surface area contributed by atoms with Crippen molar-refractivity contribution in [3.05, 3.63) is 93.6 Å². The molecule has 10 heteroatoms. The molecule has 0 fully saturated rings. The SMILES string of the molecule is COc1ccc([P+](Oc2c(O)[nH]c(=O)[nH]c2=O)(c2ccc(OC)cc2)c2ccc(OC)cc2)cc1. The molecule has 4 rings (SSSR count). The first-order valence-electron chi connectivity index (χ1n) is 10.5. The van der Waals surface area contributed by atoms with Crippen LogP contribution in [0.5, 0.6) is 28.9 Å². The van der Waals surface area contributed by atoms with Crippen molar-refractivity contribution in [1.29, 1.82) is 0 Å². The Kier molecular flexibility index (Phi) is 6.80. The number of aromatic amines is 2. The number of aromatic hydroxyl groups is 1. The molecule has 1 aromatic heterocycles. The Bertz CT molecular complexity index is 1300. The highest BCUT2D eigenvalue weighted by Crippen LogP contribution is 2.56. The molecular formula is C25H24N2O7P+. The van der Waals surface area contributed by atoms with Crippen molar-refractivity contribution in [2.45, 2.75) is 0 Å². The van der Waals surface area contributed by atoms with Gasteiger partial charge in [0.05, 0.1) is 21.3 Å². The molecule has 0 atom stereocenters. The number of hydrogen-bond acceptors (Lipinski definition) is 7. The molecule has 4 aromatic rings. The molecular weight excluding hydrogens is 471 g/mol. The fraction of sp³-hybridized carbons (Fsp3) is 0.120. The van der Waals surface area contributed by atoms with Crippen molar-refractivity contribution in [1.82, 2.24) is 9.97 Å². The van der Waals surface area contributed by atoms with E-state index in [-0.39, 0.29) is 0 Å². The highest BCUT2D eigenvalue weighted by molar-refractivity contribution is 7.92. The van der Waals surface area contributed by atoms with E-state index in [4.69, 9.17) is 18.7 Å². The minimum Gasteiger partial charge on any atom is -0.497 e. The molecule has 0 radical (unpaired) electrons. The summed E-state index contributed by atoms with van der Waals surface area (Å²) in [6, 6.07) is 21.8. The van der Waals surface area contributed by atoms with Gasteiger partial charge in [0.2, 0.25) is 5.88 Å². The van der Waals surface area contributed by atoms with Crippen LogP contribution in [0, 0.1) is 0 Å². The van der Waals surface area contributed by atoms with E-state index in [0.29, 0.717) is 17.2 Å². The van der Waals surface area contributed by atoms with Crippen molar-refractivity contribution < 1.29 is 23.8 Å². The fourth-order valence-electron chi connectivity index (χ4n) is 3.67. The molecule has 0 aliphatic carbocycles. The maximum Gasteiger partial charge on any atom is 0.328 e. The first-order chi connectivity index (χ1) is 16.9. The van der Waals surface area contributed by atoms with Gasteiger partial charge in [0.25, 0.3) is 13.2 Å². The van der Waals surface area contributed by atoms with Crippen LogP contribution in [0.4, 0.5) is 0 Å². The average molecular weight is 495 g/mol. The lowest BCUT2D eigenvalue weighted by atomic mass is 10.3. The van der Waals surface area contributed by atoms with Crippen LogP contribution in [0.2, 0.25) is 0 Å². The van der Waals surface area contributed by atoms with Gasteiger partial charge in [-0.25, -0.2) is 4.79 Å². The minimum absolute atomic E-state index is 0.402. The van der Waals surface area contributed by atoms with Crippen LogP contribution in [0.3, 0.4) is 0 Å². The number of benzene rings is 3. The van der Waals surface area contributed by atoms with E-state index >= 15 is 0 Å². The van der Waals surface area contributed by atoms with Crippen molar-refractivity contribution in [3.63, 3.8) is 0 Å². The summed E-state index contributed by atoms with van der Waals surface area (Å²) in [5, 5.41) is 12.7. The van der Waals surface area contributed by atoms with E-state index in [0.717, 1.165) is 15.9 Å². The zero-order valence-corrected chi connectivity index (χ0v) is 20.2. The second kappa shape index (κ2) is 9.95. The zero-order chi connectivity index (χ0) is 25.0. The number of methoxy groups -OCH3 is 3. The quantitative estimate of drug-likeness (QED) is 0.320. The predicted octanol–water partition coefficient (Wildman–Crippen LogP) is 2.08. The molecule has 3 N–H and O–H groups in total. The molecule has 0 amide bonds. The molecule has 0 saturated heterocycles. The Morgan fingerprint density at radius 2 is 1.00 bits per heavy atom. The second-order valence-corrected chi connectivity index (χ2v) is 10.3. The largest absolute Gasteiger partial charge is 0.497 e. The number of H-pyrrole nitrogens is 2. The van der Waals surface area contributed by atoms with Gasteiger partial charge in [0.1, 0.15) is 33.2 Å². The summed E-state index contributed by atoms with van der Waals surface area (Å²) in [5.74, 6) is 0.849. The smallest absolute Gasteiger partial charge is 0.328 e. The minimum atomic E-state index is -3.10. The number of hydrogen-bond donors (Lipinski definition) is 3. The number of rotatable bonds is 8. The third-order valence-electron chi connectivity index (χ3n) is 5.42. The average Bonchev–Trinajstić information content (AvgIpc) is 2.89. The molecule has 1 heterocycles. The highest BCUT2D eigenvalue weighted by Gasteiger charge is 2.51. The maximum atomic E-state index is 12.7. The van der Waals surface area contributed by atoms with Crippen LogP contribution in [-0.2, 0) is 0 Å². The topological polar surface area (TPSA) is 123 Å². The molecule has 9 nitrogen and oxygen atoms in total. The third kappa shape index (κ3) is 4.58. The molecule has 0 aliphatic heterocycles. The fourth-order valence-corrected chi connectivity index (χ4v) is 7.03. The summed E-state index contributed by atoms with van der Waals surface area (Å²) in [7, 11) is 1.60. The normalized spacial score (nSPS) is 11.1. The third-order valence-corrected chi connectivity index (χ3v) is 8.95. The van der Waals surface area contributed by atoms with Gasteiger partial charge in [-0.2, -0.15) is 0 Å². The van der Waals surface area contributed by atoms with E-state index in [9.17, 15) is 14.7 Å². The molecule has 3 aromatic carbocycles. The van der Waals surface area contributed by atoms with Crippen LogP contribution >= 0.6 is 7.49 Å². The predicted molar refractivity (Wildman–Crippen MR) is 135 cm³/mol. The van der Waals surface area contributed by atoms with Crippen LogP contribution in [0.15, 0.2) is 82.4 Å². The first-order valence-corrected chi connectivity index (χ1v) is 12.2. The highest BCUT2D eigenvalue weighted by atomic mass is 31.2. The standard InChI is InChI=1S/C25H23N2O7P/c1-31-16-4-10-19(11-5-16)35(20-12-6-17(32-2)7-13-20,21-14-8-18(33-3)9-15-21)34-22-23(28)26-25(30)27-24(22)29/h4-15H,1-3H3,(H2-,26,27,28,29,30)/p+1. The Labute approximate surface area is 201 Å². The molecule has 180 valence electrons. The lowest BCUT2D eigenvalue weighted by Gasteiger charge is -2.26. The molecule has 0 unspecified atom stereocenters. The van der Waals surface area contributed by atoms with Gasteiger partial charge in [-0.15, -0.1) is 0 Å². The Morgan fingerprint density at radius 1 is 0.629 bits per heavy atom. The lowest BCUT2D eigenvalue weighted by Crippen LogP contribution is -2.36. The van der Waals surface area contributed by atoms with Gasteiger partial charge in [0, 0.05) is 0 Å². The molecule has 0 aliphatic rings. The number of nitrogens with one attached hydrogen (secondary N) is 2. The Morgan fingerprint density at radius 3 is 1.31 bits per heavy atom. The van der Waals surface area contributed by atoms with Gasteiger partial charge in [-0.3, -0.25) is 14.8 Å². The van der Waals surface area contributed by atoms with Gasteiger partial charge in [-0.05, 0) is 72.8 Å². The molecule has 0 saturated carbocycles. The van der Waals surface area contributed by atoms with Crippen molar-refractivity contribution in [2.24, 2.45) is 0 Å². The van der Waals surface area contributed by atoms with E-state index in [1.54, 1.807) is 57.7 Å². The van der Waals surface area contributed by atoms with Gasteiger partial charge in [0.15, 0.2) is 0 Å². The van der Waals surface area contributed by atoms with Crippen LogP contribution in [-0.4, -0.2) is 36.4 Å². The molecule has 0 bridgehead atoms. The lowest BCUT2D eigenvalue weighted by molar-refractivity contribution is 0.414.